The summed E-state index contributed by atoms with van der Waals surface area (Å²) in [5.41, 5.74) is 3.97. The molecule has 32 heavy (non-hydrogen) atoms. The molecule has 0 N–H and O–H groups in total. The molecule has 0 bridgehead atoms. The Balaban J connectivity index is 1.77. The Morgan fingerprint density at radius 3 is 2.34 bits per heavy atom. The van der Waals surface area contributed by atoms with Crippen LogP contribution in [0.5, 0.6) is 5.75 Å². The van der Waals surface area contributed by atoms with Gasteiger partial charge in [0.05, 0.1) is 24.1 Å². The molecule has 1 aliphatic heterocycles. The number of sulfonamides is 1. The predicted octanol–water partition coefficient (Wildman–Crippen LogP) is 3.47. The Bertz CT molecular complexity index is 1100. The van der Waals surface area contributed by atoms with Gasteiger partial charge in [-0.15, -0.1) is 0 Å². The zero-order chi connectivity index (χ0) is 23.6. The molecule has 174 valence electrons. The summed E-state index contributed by atoms with van der Waals surface area (Å²) in [4.78, 5) is 17.3. The van der Waals surface area contributed by atoms with Crippen molar-refractivity contribution >= 4 is 38.9 Å². The summed E-state index contributed by atoms with van der Waals surface area (Å²) >= 11 is 6.21. The van der Waals surface area contributed by atoms with Gasteiger partial charge in [0, 0.05) is 31.9 Å². The maximum Gasteiger partial charge on any atom is 0.246 e. The molecule has 7 nitrogen and oxygen atoms in total. The second-order valence-corrected chi connectivity index (χ2v) is 10.4. The fourth-order valence-electron chi connectivity index (χ4n) is 4.11. The van der Waals surface area contributed by atoms with Crippen molar-refractivity contribution in [1.82, 2.24) is 4.90 Å². The molecule has 2 aromatic carbocycles. The topological polar surface area (TPSA) is 70.2 Å². The molecule has 0 saturated carbocycles. The van der Waals surface area contributed by atoms with Crippen LogP contribution in [0.1, 0.15) is 18.1 Å². The van der Waals surface area contributed by atoms with Gasteiger partial charge in [-0.1, -0.05) is 23.7 Å². The molecular formula is C23H30ClN3O4S. The Hall–Kier alpha value is -2.45. The maximum atomic E-state index is 13.3. The van der Waals surface area contributed by atoms with Crippen molar-refractivity contribution in [2.75, 3.05) is 48.7 Å². The third-order valence-corrected chi connectivity index (χ3v) is 7.50. The summed E-state index contributed by atoms with van der Waals surface area (Å²) in [6.45, 7) is 8.24. The van der Waals surface area contributed by atoms with Crippen LogP contribution in [0.25, 0.3) is 0 Å². The van der Waals surface area contributed by atoms with Crippen molar-refractivity contribution < 1.29 is 17.9 Å². The van der Waals surface area contributed by atoms with E-state index in [0.717, 1.165) is 10.6 Å². The van der Waals surface area contributed by atoms with E-state index in [-0.39, 0.29) is 10.9 Å². The van der Waals surface area contributed by atoms with Crippen LogP contribution in [0.3, 0.4) is 0 Å². The number of methoxy groups -OCH3 is 1. The van der Waals surface area contributed by atoms with Crippen molar-refractivity contribution in [2.45, 2.75) is 26.8 Å². The second-order valence-electron chi connectivity index (χ2n) is 8.09. The number of anilines is 2. The van der Waals surface area contributed by atoms with Gasteiger partial charge in [-0.25, -0.2) is 8.42 Å². The maximum absolute atomic E-state index is 13.3. The third kappa shape index (κ3) is 4.96. The number of hydrogen-bond acceptors (Lipinski definition) is 5. The molecule has 0 radical (unpaired) electrons. The van der Waals surface area contributed by atoms with Crippen LogP contribution >= 0.6 is 11.6 Å². The monoisotopic (exact) mass is 479 g/mol. The molecule has 1 saturated heterocycles. The molecule has 1 fully saturated rings. The summed E-state index contributed by atoms with van der Waals surface area (Å²) in [6, 6.07) is 10.0. The number of carbonyl (C=O) groups excluding carboxylic acids is 1. The van der Waals surface area contributed by atoms with Crippen molar-refractivity contribution in [3.63, 3.8) is 0 Å². The lowest BCUT2D eigenvalue weighted by molar-refractivity contribution is -0.132. The number of piperazine rings is 1. The highest BCUT2D eigenvalue weighted by atomic mass is 35.5. The van der Waals surface area contributed by atoms with E-state index in [0.29, 0.717) is 37.6 Å². The van der Waals surface area contributed by atoms with E-state index in [9.17, 15) is 13.2 Å². The first-order valence-corrected chi connectivity index (χ1v) is 12.7. The lowest BCUT2D eigenvalue weighted by atomic mass is 10.1. The number of amides is 1. The first kappa shape index (κ1) is 24.2. The summed E-state index contributed by atoms with van der Waals surface area (Å²) in [6.07, 6.45) is 1.09. The smallest absolute Gasteiger partial charge is 0.246 e. The lowest BCUT2D eigenvalue weighted by Crippen LogP contribution is -2.55. The van der Waals surface area contributed by atoms with E-state index in [1.807, 2.05) is 6.07 Å². The third-order valence-electron chi connectivity index (χ3n) is 5.96. The summed E-state index contributed by atoms with van der Waals surface area (Å²) < 4.78 is 31.5. The van der Waals surface area contributed by atoms with Gasteiger partial charge >= 0.3 is 0 Å². The number of hydrogen-bond donors (Lipinski definition) is 0. The highest BCUT2D eigenvalue weighted by molar-refractivity contribution is 7.92. The van der Waals surface area contributed by atoms with Crippen molar-refractivity contribution in [3.8, 4) is 5.75 Å². The van der Waals surface area contributed by atoms with Gasteiger partial charge in [0.1, 0.15) is 11.8 Å². The summed E-state index contributed by atoms with van der Waals surface area (Å²) in [7, 11) is -2.24. The Morgan fingerprint density at radius 2 is 1.78 bits per heavy atom. The minimum atomic E-state index is -3.73. The average Bonchev–Trinajstić information content (AvgIpc) is 2.74. The van der Waals surface area contributed by atoms with E-state index in [4.69, 9.17) is 16.3 Å². The lowest BCUT2D eigenvalue weighted by Gasteiger charge is -2.39. The van der Waals surface area contributed by atoms with Crippen molar-refractivity contribution in [2.24, 2.45) is 0 Å². The van der Waals surface area contributed by atoms with E-state index >= 15 is 0 Å². The molecule has 3 rings (SSSR count). The highest BCUT2D eigenvalue weighted by Gasteiger charge is 2.34. The average molecular weight is 480 g/mol. The molecule has 0 aromatic heterocycles. The molecule has 2 aromatic rings. The number of aryl methyl sites for hydroxylation is 1. The molecule has 9 heteroatoms. The van der Waals surface area contributed by atoms with Crippen LogP contribution in [0.2, 0.25) is 5.02 Å². The first-order valence-electron chi connectivity index (χ1n) is 10.5. The predicted molar refractivity (Wildman–Crippen MR) is 129 cm³/mol. The highest BCUT2D eigenvalue weighted by Crippen LogP contribution is 2.32. The second kappa shape index (κ2) is 9.58. The van der Waals surface area contributed by atoms with Crippen LogP contribution in [0.4, 0.5) is 11.4 Å². The van der Waals surface area contributed by atoms with Gasteiger partial charge in [0.15, 0.2) is 0 Å². The number of rotatable bonds is 6. The van der Waals surface area contributed by atoms with E-state index < -0.39 is 16.1 Å². The molecular weight excluding hydrogens is 450 g/mol. The standard InChI is InChI=1S/C23H30ClN3O4S/c1-16-7-6-8-21(17(16)2)25-11-13-26(14-12-25)23(28)18(3)27(32(5,29)30)19-9-10-22(31-4)20(24)15-19/h6-10,15,18H,11-14H2,1-5H3. The normalized spacial score (nSPS) is 15.4. The molecule has 0 spiro atoms. The van der Waals surface area contributed by atoms with Crippen LogP contribution in [-0.2, 0) is 14.8 Å². The molecule has 1 aliphatic rings. The fraction of sp³-hybridized carbons (Fsp3) is 0.435. The number of carbonyl (C=O) groups is 1. The molecule has 0 aliphatic carbocycles. The number of nitrogens with zero attached hydrogens (tertiary/aromatic N) is 3. The quantitative estimate of drug-likeness (QED) is 0.634. The van der Waals surface area contributed by atoms with Crippen LogP contribution in [0, 0.1) is 13.8 Å². The SMILES string of the molecule is COc1ccc(N(C(C)C(=O)N2CCN(c3cccc(C)c3C)CC2)S(C)(=O)=O)cc1Cl. The van der Waals surface area contributed by atoms with Gasteiger partial charge in [0.25, 0.3) is 0 Å². The largest absolute Gasteiger partial charge is 0.495 e. The van der Waals surface area contributed by atoms with Crippen LogP contribution < -0.4 is 13.9 Å². The van der Waals surface area contributed by atoms with E-state index in [2.05, 4.69) is 30.9 Å². The fourth-order valence-corrected chi connectivity index (χ4v) is 5.52. The summed E-state index contributed by atoms with van der Waals surface area (Å²) in [5.74, 6) is 0.202. The van der Waals surface area contributed by atoms with Crippen LogP contribution in [0.15, 0.2) is 36.4 Å². The molecule has 1 amide bonds. The van der Waals surface area contributed by atoms with Crippen molar-refractivity contribution in [1.29, 1.82) is 0 Å². The number of benzene rings is 2. The Morgan fingerprint density at radius 1 is 1.12 bits per heavy atom. The molecule has 1 unspecified atom stereocenters. The minimum absolute atomic E-state index is 0.233. The minimum Gasteiger partial charge on any atom is -0.495 e. The van der Waals surface area contributed by atoms with E-state index in [1.165, 1.54) is 30.0 Å². The molecule has 1 atom stereocenters. The Labute approximate surface area is 195 Å². The van der Waals surface area contributed by atoms with Gasteiger partial charge < -0.3 is 14.5 Å². The van der Waals surface area contributed by atoms with Gasteiger partial charge in [-0.3, -0.25) is 9.10 Å². The number of ether oxygens (including phenoxy) is 1. The number of halogens is 1. The first-order chi connectivity index (χ1) is 15.0. The Kier molecular flexibility index (Phi) is 7.25. The van der Waals surface area contributed by atoms with Gasteiger partial charge in [-0.05, 0) is 56.2 Å². The van der Waals surface area contributed by atoms with Gasteiger partial charge in [-0.2, -0.15) is 0 Å². The van der Waals surface area contributed by atoms with Crippen molar-refractivity contribution in [3.05, 3.63) is 52.5 Å². The zero-order valence-corrected chi connectivity index (χ0v) is 20.7. The zero-order valence-electron chi connectivity index (χ0n) is 19.1. The van der Waals surface area contributed by atoms with Crippen LogP contribution in [-0.4, -0.2) is 64.8 Å². The van der Waals surface area contributed by atoms with Gasteiger partial charge in [0.2, 0.25) is 15.9 Å². The summed E-state index contributed by atoms with van der Waals surface area (Å²) in [5, 5.41) is 0.278. The molecule has 1 heterocycles. The van der Waals surface area contributed by atoms with E-state index in [1.54, 1.807) is 24.0 Å².